The first-order valence-corrected chi connectivity index (χ1v) is 6.21. The molecule has 0 unspecified atom stereocenters. The SMILES string of the molecule is Cc1ccn2nc(-c3cc4ccccc4[nH]3)nc2c1. The largest absolute Gasteiger partial charge is 0.352 e. The molecular weight excluding hydrogens is 236 g/mol. The van der Waals surface area contributed by atoms with E-state index >= 15 is 0 Å². The van der Waals surface area contributed by atoms with Gasteiger partial charge in [-0.15, -0.1) is 5.10 Å². The van der Waals surface area contributed by atoms with Crippen LogP contribution >= 0.6 is 0 Å². The van der Waals surface area contributed by atoms with Crippen LogP contribution in [0.25, 0.3) is 28.1 Å². The number of nitrogens with one attached hydrogen (secondary N) is 1. The molecule has 0 aliphatic heterocycles. The fraction of sp³-hybridized carbons (Fsp3) is 0.0667. The number of hydrogen-bond acceptors (Lipinski definition) is 2. The molecule has 1 N–H and O–H groups in total. The minimum atomic E-state index is 0.724. The summed E-state index contributed by atoms with van der Waals surface area (Å²) in [5.41, 5.74) is 4.10. The van der Waals surface area contributed by atoms with E-state index in [2.05, 4.69) is 40.2 Å². The molecule has 1 aromatic carbocycles. The van der Waals surface area contributed by atoms with Crippen molar-refractivity contribution in [2.75, 3.05) is 0 Å². The molecule has 0 saturated carbocycles. The molecule has 0 radical (unpaired) electrons. The smallest absolute Gasteiger partial charge is 0.198 e. The maximum atomic E-state index is 4.56. The van der Waals surface area contributed by atoms with Crippen LogP contribution < -0.4 is 0 Å². The van der Waals surface area contributed by atoms with Crippen molar-refractivity contribution < 1.29 is 0 Å². The molecule has 19 heavy (non-hydrogen) atoms. The van der Waals surface area contributed by atoms with E-state index in [1.165, 1.54) is 10.9 Å². The zero-order valence-electron chi connectivity index (χ0n) is 10.5. The van der Waals surface area contributed by atoms with Gasteiger partial charge in [-0.2, -0.15) is 0 Å². The summed E-state index contributed by atoms with van der Waals surface area (Å²) in [5.74, 6) is 0.724. The van der Waals surface area contributed by atoms with Crippen molar-refractivity contribution in [1.29, 1.82) is 0 Å². The minimum absolute atomic E-state index is 0.724. The fourth-order valence-electron chi connectivity index (χ4n) is 2.29. The molecule has 0 aliphatic rings. The number of aryl methyl sites for hydroxylation is 1. The Morgan fingerprint density at radius 1 is 1.11 bits per heavy atom. The Morgan fingerprint density at radius 3 is 2.89 bits per heavy atom. The van der Waals surface area contributed by atoms with Gasteiger partial charge in [0, 0.05) is 17.1 Å². The number of hydrogen-bond donors (Lipinski definition) is 1. The van der Waals surface area contributed by atoms with E-state index in [4.69, 9.17) is 0 Å². The van der Waals surface area contributed by atoms with Crippen molar-refractivity contribution in [2.45, 2.75) is 6.92 Å². The number of fused-ring (bicyclic) bond motifs is 2. The molecule has 4 aromatic rings. The van der Waals surface area contributed by atoms with Crippen LogP contribution in [0.4, 0.5) is 0 Å². The first-order chi connectivity index (χ1) is 9.29. The van der Waals surface area contributed by atoms with Gasteiger partial charge < -0.3 is 4.98 Å². The van der Waals surface area contributed by atoms with Crippen LogP contribution in [0, 0.1) is 6.92 Å². The Labute approximate surface area is 109 Å². The summed E-state index contributed by atoms with van der Waals surface area (Å²) in [6.07, 6.45) is 1.93. The Hall–Kier alpha value is -2.62. The summed E-state index contributed by atoms with van der Waals surface area (Å²) in [6, 6.07) is 14.3. The van der Waals surface area contributed by atoms with Gasteiger partial charge in [0.05, 0.1) is 5.69 Å². The molecule has 4 rings (SSSR count). The van der Waals surface area contributed by atoms with Crippen LogP contribution in [0.3, 0.4) is 0 Å². The standard InChI is InChI=1S/C15H12N4/c1-10-6-7-19-14(8-10)17-15(18-19)13-9-11-4-2-3-5-12(11)16-13/h2-9,16H,1H3. The van der Waals surface area contributed by atoms with Crippen molar-refractivity contribution in [1.82, 2.24) is 19.6 Å². The lowest BCUT2D eigenvalue weighted by Crippen LogP contribution is -1.86. The van der Waals surface area contributed by atoms with Gasteiger partial charge in [0.15, 0.2) is 11.5 Å². The molecule has 3 aromatic heterocycles. The van der Waals surface area contributed by atoms with E-state index in [0.717, 1.165) is 22.7 Å². The highest BCUT2D eigenvalue weighted by molar-refractivity contribution is 5.84. The number of aromatic amines is 1. The van der Waals surface area contributed by atoms with Crippen molar-refractivity contribution in [3.8, 4) is 11.5 Å². The highest BCUT2D eigenvalue weighted by Crippen LogP contribution is 2.22. The van der Waals surface area contributed by atoms with E-state index in [-0.39, 0.29) is 0 Å². The third kappa shape index (κ3) is 1.61. The van der Waals surface area contributed by atoms with Crippen LogP contribution in [0.5, 0.6) is 0 Å². The highest BCUT2D eigenvalue weighted by atomic mass is 15.3. The van der Waals surface area contributed by atoms with Crippen molar-refractivity contribution in [3.63, 3.8) is 0 Å². The normalized spacial score (nSPS) is 11.4. The van der Waals surface area contributed by atoms with Gasteiger partial charge in [-0.3, -0.25) is 0 Å². The lowest BCUT2D eigenvalue weighted by Gasteiger charge is -1.90. The average Bonchev–Trinajstić information content (AvgIpc) is 3.00. The predicted molar refractivity (Wildman–Crippen MR) is 75.0 cm³/mol. The maximum Gasteiger partial charge on any atom is 0.198 e. The van der Waals surface area contributed by atoms with Crippen LogP contribution in [-0.4, -0.2) is 19.6 Å². The Kier molecular flexibility index (Phi) is 2.00. The molecule has 4 nitrogen and oxygen atoms in total. The zero-order chi connectivity index (χ0) is 12.8. The molecule has 0 aliphatic carbocycles. The summed E-state index contributed by atoms with van der Waals surface area (Å²) in [4.78, 5) is 7.91. The average molecular weight is 248 g/mol. The summed E-state index contributed by atoms with van der Waals surface area (Å²) < 4.78 is 1.80. The molecule has 3 heterocycles. The Bertz CT molecular complexity index is 852. The van der Waals surface area contributed by atoms with E-state index in [0.29, 0.717) is 0 Å². The molecule has 0 atom stereocenters. The lowest BCUT2D eigenvalue weighted by molar-refractivity contribution is 0.960. The molecule has 0 bridgehead atoms. The lowest BCUT2D eigenvalue weighted by atomic mass is 10.2. The van der Waals surface area contributed by atoms with E-state index in [1.807, 2.05) is 30.5 Å². The number of nitrogens with zero attached hydrogens (tertiary/aromatic N) is 3. The van der Waals surface area contributed by atoms with Crippen molar-refractivity contribution in [2.24, 2.45) is 0 Å². The van der Waals surface area contributed by atoms with Crippen molar-refractivity contribution in [3.05, 3.63) is 54.2 Å². The third-order valence-corrected chi connectivity index (χ3v) is 3.26. The molecule has 0 amide bonds. The summed E-state index contributed by atoms with van der Waals surface area (Å²) in [5, 5.41) is 5.67. The minimum Gasteiger partial charge on any atom is -0.352 e. The second kappa shape index (κ2) is 3.68. The highest BCUT2D eigenvalue weighted by Gasteiger charge is 2.09. The summed E-state index contributed by atoms with van der Waals surface area (Å²) >= 11 is 0. The van der Waals surface area contributed by atoms with Gasteiger partial charge in [0.25, 0.3) is 0 Å². The maximum absolute atomic E-state index is 4.56. The zero-order valence-corrected chi connectivity index (χ0v) is 10.5. The van der Waals surface area contributed by atoms with Crippen molar-refractivity contribution >= 4 is 16.6 Å². The van der Waals surface area contributed by atoms with Crippen LogP contribution in [0.1, 0.15) is 5.56 Å². The van der Waals surface area contributed by atoms with Gasteiger partial charge in [0.1, 0.15) is 0 Å². The monoisotopic (exact) mass is 248 g/mol. The second-order valence-corrected chi connectivity index (χ2v) is 4.71. The van der Waals surface area contributed by atoms with Gasteiger partial charge >= 0.3 is 0 Å². The van der Waals surface area contributed by atoms with E-state index in [9.17, 15) is 0 Å². The first kappa shape index (κ1) is 10.3. The first-order valence-electron chi connectivity index (χ1n) is 6.21. The second-order valence-electron chi connectivity index (χ2n) is 4.71. The van der Waals surface area contributed by atoms with Gasteiger partial charge in [0.2, 0.25) is 0 Å². The predicted octanol–water partition coefficient (Wildman–Crippen LogP) is 3.19. The molecule has 0 fully saturated rings. The topological polar surface area (TPSA) is 46.0 Å². The van der Waals surface area contributed by atoms with Crippen LogP contribution in [0.2, 0.25) is 0 Å². The Balaban J connectivity index is 1.93. The number of pyridine rings is 1. The Morgan fingerprint density at radius 2 is 2.00 bits per heavy atom. The molecule has 0 spiro atoms. The van der Waals surface area contributed by atoms with Crippen LogP contribution in [0.15, 0.2) is 48.7 Å². The molecular formula is C15H12N4. The molecule has 4 heteroatoms. The van der Waals surface area contributed by atoms with E-state index in [1.54, 1.807) is 4.52 Å². The number of rotatable bonds is 1. The number of H-pyrrole nitrogens is 1. The number of benzene rings is 1. The molecule has 0 saturated heterocycles. The van der Waals surface area contributed by atoms with Gasteiger partial charge in [-0.25, -0.2) is 9.50 Å². The van der Waals surface area contributed by atoms with E-state index < -0.39 is 0 Å². The van der Waals surface area contributed by atoms with Gasteiger partial charge in [-0.05, 0) is 36.8 Å². The third-order valence-electron chi connectivity index (χ3n) is 3.26. The van der Waals surface area contributed by atoms with Crippen LogP contribution in [-0.2, 0) is 0 Å². The number of para-hydroxylation sites is 1. The van der Waals surface area contributed by atoms with Gasteiger partial charge in [-0.1, -0.05) is 18.2 Å². The molecule has 92 valence electrons. The summed E-state index contributed by atoms with van der Waals surface area (Å²) in [7, 11) is 0. The summed E-state index contributed by atoms with van der Waals surface area (Å²) in [6.45, 7) is 2.05. The number of aromatic nitrogens is 4. The quantitative estimate of drug-likeness (QED) is 0.562. The fourth-order valence-corrected chi connectivity index (χ4v) is 2.29.